The second-order valence-corrected chi connectivity index (χ2v) is 9.15. The van der Waals surface area contributed by atoms with E-state index in [-0.39, 0.29) is 23.8 Å². The molecule has 0 radical (unpaired) electrons. The Bertz CT molecular complexity index is 1170. The van der Waals surface area contributed by atoms with Crippen LogP contribution in [0.2, 0.25) is 0 Å². The van der Waals surface area contributed by atoms with Gasteiger partial charge in [-0.3, -0.25) is 0 Å². The molecule has 2 fully saturated rings. The molecule has 5 rings (SSSR count). The summed E-state index contributed by atoms with van der Waals surface area (Å²) in [4.78, 5) is 10.9. The van der Waals surface area contributed by atoms with Gasteiger partial charge in [0, 0.05) is 19.1 Å². The van der Waals surface area contributed by atoms with Gasteiger partial charge in [0.05, 0.1) is 6.04 Å². The predicted octanol–water partition coefficient (Wildman–Crippen LogP) is 4.57. The first kappa shape index (κ1) is 23.2. The molecule has 35 heavy (non-hydrogen) atoms. The SMILES string of the molecule is Cc1noc(N2C[C@H]3CC[C@@H](C2)[C@H]3Nc2nc(Oc3ccccc3OC(F)(F)F)n(C(C)C)n2)n1. The highest BCUT2D eigenvalue weighted by Crippen LogP contribution is 2.40. The average molecular weight is 493 g/mol. The highest BCUT2D eigenvalue weighted by Gasteiger charge is 2.44. The Labute approximate surface area is 199 Å². The standard InChI is InChI=1S/C22H26F3N7O3/c1-12(2)32-21(33-16-6-4-5-7-17(16)34-22(23,24)25)28-19(29-32)27-18-14-8-9-15(18)11-31(10-14)20-26-13(3)30-35-20/h4-7,12,14-15,18H,8-11H2,1-3H3,(H,27,29)/t14-,15+,18+. The Hall–Kier alpha value is -3.51. The molecule has 1 saturated heterocycles. The summed E-state index contributed by atoms with van der Waals surface area (Å²) in [5.41, 5.74) is 0. The number of halogens is 3. The van der Waals surface area contributed by atoms with Crippen molar-refractivity contribution in [3.63, 3.8) is 0 Å². The Balaban J connectivity index is 1.33. The molecule has 1 aliphatic heterocycles. The van der Waals surface area contributed by atoms with Crippen LogP contribution < -0.4 is 19.7 Å². The van der Waals surface area contributed by atoms with Gasteiger partial charge in [0.2, 0.25) is 5.95 Å². The summed E-state index contributed by atoms with van der Waals surface area (Å²) in [5, 5.41) is 11.9. The number of piperidine rings is 1. The van der Waals surface area contributed by atoms with E-state index < -0.39 is 12.1 Å². The maximum Gasteiger partial charge on any atom is 0.573 e. The minimum Gasteiger partial charge on any atom is -0.420 e. The first-order valence-corrected chi connectivity index (χ1v) is 11.5. The van der Waals surface area contributed by atoms with E-state index in [1.165, 1.54) is 22.9 Å². The van der Waals surface area contributed by atoms with Crippen molar-refractivity contribution in [3.8, 4) is 17.5 Å². The average Bonchev–Trinajstić information content (AvgIpc) is 3.45. The number of anilines is 2. The van der Waals surface area contributed by atoms with Crippen LogP contribution in [0.3, 0.4) is 0 Å². The molecule has 2 aromatic heterocycles. The van der Waals surface area contributed by atoms with Crippen LogP contribution in [-0.2, 0) is 0 Å². The number of aromatic nitrogens is 5. The lowest BCUT2D eigenvalue weighted by atomic mass is 9.92. The summed E-state index contributed by atoms with van der Waals surface area (Å²) in [6.45, 7) is 7.11. The quantitative estimate of drug-likeness (QED) is 0.507. The van der Waals surface area contributed by atoms with Gasteiger partial charge in [-0.15, -0.1) is 18.3 Å². The molecule has 188 valence electrons. The number of rotatable bonds is 7. The molecule has 0 amide bonds. The summed E-state index contributed by atoms with van der Waals surface area (Å²) in [6.07, 6.45) is -2.75. The van der Waals surface area contributed by atoms with E-state index in [1.807, 2.05) is 13.8 Å². The van der Waals surface area contributed by atoms with E-state index in [2.05, 4.69) is 35.2 Å². The number of nitrogens with zero attached hydrogens (tertiary/aromatic N) is 6. The molecule has 13 heteroatoms. The highest BCUT2D eigenvalue weighted by atomic mass is 19.4. The lowest BCUT2D eigenvalue weighted by Gasteiger charge is -2.37. The lowest BCUT2D eigenvalue weighted by molar-refractivity contribution is -0.275. The fourth-order valence-corrected chi connectivity index (χ4v) is 4.80. The second-order valence-electron chi connectivity index (χ2n) is 9.15. The smallest absolute Gasteiger partial charge is 0.420 e. The van der Waals surface area contributed by atoms with Crippen molar-refractivity contribution in [2.24, 2.45) is 11.8 Å². The van der Waals surface area contributed by atoms with Gasteiger partial charge < -0.3 is 24.2 Å². The van der Waals surface area contributed by atoms with Gasteiger partial charge in [0.25, 0.3) is 0 Å². The summed E-state index contributed by atoms with van der Waals surface area (Å²) in [5.74, 6) is 1.08. The summed E-state index contributed by atoms with van der Waals surface area (Å²) in [6, 6.07) is 6.20. The largest absolute Gasteiger partial charge is 0.573 e. The zero-order valence-electron chi connectivity index (χ0n) is 19.5. The topological polar surface area (TPSA) is 103 Å². The number of hydrogen-bond donors (Lipinski definition) is 1. The number of alkyl halides is 3. The number of ether oxygens (including phenoxy) is 2. The molecule has 2 aliphatic rings. The Morgan fingerprint density at radius 3 is 2.37 bits per heavy atom. The van der Waals surface area contributed by atoms with E-state index in [1.54, 1.807) is 13.0 Å². The normalized spacial score (nSPS) is 22.0. The molecular weight excluding hydrogens is 467 g/mol. The molecule has 0 spiro atoms. The molecule has 0 unspecified atom stereocenters. The monoisotopic (exact) mass is 493 g/mol. The van der Waals surface area contributed by atoms with Crippen molar-refractivity contribution >= 4 is 12.0 Å². The first-order chi connectivity index (χ1) is 16.7. The van der Waals surface area contributed by atoms with Crippen LogP contribution in [0.4, 0.5) is 25.1 Å². The third kappa shape index (κ3) is 4.98. The van der Waals surface area contributed by atoms with Crippen LogP contribution in [0.1, 0.15) is 38.6 Å². The van der Waals surface area contributed by atoms with Crippen LogP contribution in [0.15, 0.2) is 28.8 Å². The predicted molar refractivity (Wildman–Crippen MR) is 118 cm³/mol. The number of fused-ring (bicyclic) bond motifs is 2. The van der Waals surface area contributed by atoms with Crippen LogP contribution in [0.5, 0.6) is 17.5 Å². The fraction of sp³-hybridized carbons (Fsp3) is 0.545. The van der Waals surface area contributed by atoms with Crippen molar-refractivity contribution in [3.05, 3.63) is 30.1 Å². The Morgan fingerprint density at radius 2 is 1.77 bits per heavy atom. The molecule has 1 N–H and O–H groups in total. The molecule has 3 aromatic rings. The maximum atomic E-state index is 12.8. The molecule has 3 atom stereocenters. The van der Waals surface area contributed by atoms with Crippen LogP contribution in [-0.4, -0.2) is 50.4 Å². The molecule has 2 bridgehead atoms. The van der Waals surface area contributed by atoms with Gasteiger partial charge in [-0.25, -0.2) is 4.68 Å². The fourth-order valence-electron chi connectivity index (χ4n) is 4.80. The zero-order chi connectivity index (χ0) is 24.7. The third-order valence-corrected chi connectivity index (χ3v) is 6.28. The number of aryl methyl sites for hydroxylation is 1. The molecule has 1 saturated carbocycles. The number of nitrogens with one attached hydrogen (secondary N) is 1. The van der Waals surface area contributed by atoms with E-state index in [9.17, 15) is 13.2 Å². The highest BCUT2D eigenvalue weighted by molar-refractivity contribution is 5.42. The lowest BCUT2D eigenvalue weighted by Crippen LogP contribution is -2.48. The maximum absolute atomic E-state index is 12.8. The van der Waals surface area contributed by atoms with Crippen molar-refractivity contribution in [1.29, 1.82) is 0 Å². The number of hydrogen-bond acceptors (Lipinski definition) is 9. The van der Waals surface area contributed by atoms with Gasteiger partial charge >= 0.3 is 18.4 Å². The van der Waals surface area contributed by atoms with Crippen molar-refractivity contribution in [2.45, 2.75) is 52.1 Å². The van der Waals surface area contributed by atoms with Gasteiger partial charge in [0.1, 0.15) is 0 Å². The van der Waals surface area contributed by atoms with Crippen molar-refractivity contribution in [2.75, 3.05) is 23.3 Å². The molecule has 10 nitrogen and oxygen atoms in total. The van der Waals surface area contributed by atoms with Gasteiger partial charge in [-0.2, -0.15) is 9.97 Å². The summed E-state index contributed by atoms with van der Waals surface area (Å²) in [7, 11) is 0. The number of benzene rings is 1. The van der Waals surface area contributed by atoms with Gasteiger partial charge in [0.15, 0.2) is 17.3 Å². The van der Waals surface area contributed by atoms with Crippen LogP contribution >= 0.6 is 0 Å². The second kappa shape index (κ2) is 8.93. The Morgan fingerprint density at radius 1 is 1.09 bits per heavy atom. The van der Waals surface area contributed by atoms with Gasteiger partial charge in [-0.05, 0) is 57.6 Å². The zero-order valence-corrected chi connectivity index (χ0v) is 19.5. The minimum absolute atomic E-state index is 0.0758. The van der Waals surface area contributed by atoms with E-state index >= 15 is 0 Å². The van der Waals surface area contributed by atoms with Crippen LogP contribution in [0.25, 0.3) is 0 Å². The summed E-state index contributed by atoms with van der Waals surface area (Å²) < 4.78 is 55.2. The first-order valence-electron chi connectivity index (χ1n) is 11.5. The van der Waals surface area contributed by atoms with Crippen molar-refractivity contribution in [1.82, 2.24) is 24.9 Å². The van der Waals surface area contributed by atoms with E-state index in [0.29, 0.717) is 29.6 Å². The molecular formula is C22H26F3N7O3. The Kier molecular flexibility index (Phi) is 5.93. The van der Waals surface area contributed by atoms with Crippen LogP contribution in [0, 0.1) is 18.8 Å². The molecule has 3 heterocycles. The molecule has 1 aliphatic carbocycles. The van der Waals surface area contributed by atoms with E-state index in [4.69, 9.17) is 9.26 Å². The van der Waals surface area contributed by atoms with Gasteiger partial charge in [-0.1, -0.05) is 17.3 Å². The molecule has 1 aromatic carbocycles. The van der Waals surface area contributed by atoms with E-state index in [0.717, 1.165) is 25.9 Å². The number of para-hydroxylation sites is 2. The minimum atomic E-state index is -4.84. The third-order valence-electron chi connectivity index (χ3n) is 6.28. The van der Waals surface area contributed by atoms with Crippen molar-refractivity contribution < 1.29 is 27.2 Å². The summed E-state index contributed by atoms with van der Waals surface area (Å²) >= 11 is 0.